The molecule has 0 unspecified atom stereocenters. The molecule has 0 spiro atoms. The van der Waals surface area contributed by atoms with Gasteiger partial charge < -0.3 is 4.90 Å². The van der Waals surface area contributed by atoms with Crippen molar-refractivity contribution < 1.29 is 9.59 Å². The molecular weight excluding hydrogens is 394 g/mol. The van der Waals surface area contributed by atoms with Gasteiger partial charge in [-0.2, -0.15) is 0 Å². The van der Waals surface area contributed by atoms with E-state index in [9.17, 15) is 9.59 Å². The number of carbonyl (C=O) groups excluding carboxylic acids is 2. The number of benzene rings is 1. The normalized spacial score (nSPS) is 14.0. The zero-order valence-corrected chi connectivity index (χ0v) is 17.9. The van der Waals surface area contributed by atoms with E-state index in [4.69, 9.17) is 0 Å². The molecule has 0 N–H and O–H groups in total. The Morgan fingerprint density at radius 1 is 1.00 bits per heavy atom. The Bertz CT molecular complexity index is 1070. The van der Waals surface area contributed by atoms with Crippen LogP contribution in [0.4, 0.5) is 5.69 Å². The van der Waals surface area contributed by atoms with Crippen LogP contribution in [0, 0.1) is 6.92 Å². The van der Waals surface area contributed by atoms with Crippen molar-refractivity contribution in [3.63, 3.8) is 0 Å². The van der Waals surface area contributed by atoms with E-state index in [0.29, 0.717) is 30.0 Å². The first-order valence-corrected chi connectivity index (χ1v) is 10.9. The number of amides is 2. The Hall–Kier alpha value is -3.25. The van der Waals surface area contributed by atoms with Gasteiger partial charge in [-0.3, -0.25) is 14.6 Å². The quantitative estimate of drug-likeness (QED) is 0.538. The SMILES string of the molecule is CCN(CCc1ccncc1)C1=C(c2cccs2)C(=O)N(c2ccc(C)cc2)C1=O. The molecule has 0 atom stereocenters. The molecule has 30 heavy (non-hydrogen) atoms. The van der Waals surface area contributed by atoms with Gasteiger partial charge in [0.15, 0.2) is 0 Å². The van der Waals surface area contributed by atoms with Gasteiger partial charge in [0.25, 0.3) is 11.8 Å². The van der Waals surface area contributed by atoms with Crippen molar-refractivity contribution in [3.8, 4) is 0 Å². The van der Waals surface area contributed by atoms with Gasteiger partial charge in [-0.15, -0.1) is 11.3 Å². The van der Waals surface area contributed by atoms with Crippen molar-refractivity contribution in [2.24, 2.45) is 0 Å². The topological polar surface area (TPSA) is 53.5 Å². The fourth-order valence-corrected chi connectivity index (χ4v) is 4.39. The minimum Gasteiger partial charge on any atom is -0.366 e. The second-order valence-electron chi connectivity index (χ2n) is 7.17. The third kappa shape index (κ3) is 3.78. The number of carbonyl (C=O) groups is 2. The molecule has 6 heteroatoms. The zero-order valence-electron chi connectivity index (χ0n) is 17.0. The number of likely N-dealkylation sites (N-methyl/N-ethyl adjacent to an activating group) is 1. The summed E-state index contributed by atoms with van der Waals surface area (Å²) < 4.78 is 0. The van der Waals surface area contributed by atoms with E-state index in [1.165, 1.54) is 16.2 Å². The third-order valence-electron chi connectivity index (χ3n) is 5.24. The van der Waals surface area contributed by atoms with E-state index in [1.54, 1.807) is 12.4 Å². The molecule has 0 radical (unpaired) electrons. The first kappa shape index (κ1) is 20.0. The monoisotopic (exact) mass is 417 g/mol. The highest BCUT2D eigenvalue weighted by Gasteiger charge is 2.42. The summed E-state index contributed by atoms with van der Waals surface area (Å²) in [6.45, 7) is 5.27. The summed E-state index contributed by atoms with van der Waals surface area (Å²) in [5.41, 5.74) is 3.81. The standard InChI is InChI=1S/C24H23N3O2S/c1-3-26(15-12-18-10-13-25-14-11-18)22-21(20-5-4-16-30-20)23(28)27(24(22)29)19-8-6-17(2)7-9-19/h4-11,13-14,16H,3,12,15H2,1-2H3. The van der Waals surface area contributed by atoms with Gasteiger partial charge in [-0.05, 0) is 61.5 Å². The number of pyridine rings is 1. The van der Waals surface area contributed by atoms with Gasteiger partial charge in [-0.25, -0.2) is 4.90 Å². The number of aromatic nitrogens is 1. The molecule has 4 rings (SSSR count). The average molecular weight is 418 g/mol. The van der Waals surface area contributed by atoms with Crippen LogP contribution in [0.25, 0.3) is 5.57 Å². The second-order valence-corrected chi connectivity index (χ2v) is 8.11. The highest BCUT2D eigenvalue weighted by molar-refractivity contribution is 7.11. The molecular formula is C24H23N3O2S. The minimum atomic E-state index is -0.260. The Morgan fingerprint density at radius 3 is 2.37 bits per heavy atom. The number of nitrogens with zero attached hydrogens (tertiary/aromatic N) is 3. The van der Waals surface area contributed by atoms with Crippen molar-refractivity contribution in [2.75, 3.05) is 18.0 Å². The highest BCUT2D eigenvalue weighted by atomic mass is 32.1. The number of anilines is 1. The fraction of sp³-hybridized carbons (Fsp3) is 0.208. The lowest BCUT2D eigenvalue weighted by molar-refractivity contribution is -0.120. The van der Waals surface area contributed by atoms with Crippen LogP contribution >= 0.6 is 11.3 Å². The van der Waals surface area contributed by atoms with Gasteiger partial charge in [-0.1, -0.05) is 23.8 Å². The Labute approximate surface area is 180 Å². The Kier molecular flexibility index (Phi) is 5.77. The van der Waals surface area contributed by atoms with Crippen molar-refractivity contribution >= 4 is 34.4 Å². The maximum Gasteiger partial charge on any atom is 0.282 e. The van der Waals surface area contributed by atoms with Crippen LogP contribution in [0.3, 0.4) is 0 Å². The van der Waals surface area contributed by atoms with Gasteiger partial charge in [0.2, 0.25) is 0 Å². The van der Waals surface area contributed by atoms with E-state index < -0.39 is 0 Å². The molecule has 3 aromatic rings. The summed E-state index contributed by atoms with van der Waals surface area (Å²) in [6.07, 6.45) is 4.31. The van der Waals surface area contributed by atoms with Crippen LogP contribution in [0.2, 0.25) is 0 Å². The number of hydrogen-bond donors (Lipinski definition) is 0. The van der Waals surface area contributed by atoms with Crippen LogP contribution in [0.15, 0.2) is 72.0 Å². The van der Waals surface area contributed by atoms with Crippen LogP contribution < -0.4 is 4.90 Å². The number of rotatable bonds is 7. The van der Waals surface area contributed by atoms with Crippen LogP contribution in [-0.2, 0) is 16.0 Å². The molecule has 0 saturated heterocycles. The van der Waals surface area contributed by atoms with E-state index >= 15 is 0 Å². The molecule has 0 fully saturated rings. The maximum absolute atomic E-state index is 13.5. The minimum absolute atomic E-state index is 0.260. The van der Waals surface area contributed by atoms with Crippen LogP contribution in [-0.4, -0.2) is 34.8 Å². The summed E-state index contributed by atoms with van der Waals surface area (Å²) in [5, 5.41) is 1.93. The predicted molar refractivity (Wildman–Crippen MR) is 120 cm³/mol. The smallest absolute Gasteiger partial charge is 0.282 e. The number of hydrogen-bond acceptors (Lipinski definition) is 5. The molecule has 2 aromatic heterocycles. The van der Waals surface area contributed by atoms with Gasteiger partial charge >= 0.3 is 0 Å². The molecule has 0 bridgehead atoms. The molecule has 5 nitrogen and oxygen atoms in total. The largest absolute Gasteiger partial charge is 0.366 e. The Balaban J connectivity index is 1.71. The lowest BCUT2D eigenvalue weighted by Gasteiger charge is -2.24. The van der Waals surface area contributed by atoms with E-state index in [2.05, 4.69) is 4.98 Å². The van der Waals surface area contributed by atoms with Crippen LogP contribution in [0.5, 0.6) is 0 Å². The van der Waals surface area contributed by atoms with Crippen molar-refractivity contribution in [1.29, 1.82) is 0 Å². The predicted octanol–water partition coefficient (Wildman–Crippen LogP) is 4.30. The maximum atomic E-state index is 13.5. The summed E-state index contributed by atoms with van der Waals surface area (Å²) in [7, 11) is 0. The van der Waals surface area contributed by atoms with Crippen molar-refractivity contribution in [1.82, 2.24) is 9.88 Å². The molecule has 3 heterocycles. The first-order chi connectivity index (χ1) is 14.6. The number of thiophene rings is 1. The zero-order chi connectivity index (χ0) is 21.1. The molecule has 1 aromatic carbocycles. The van der Waals surface area contributed by atoms with Crippen molar-refractivity contribution in [3.05, 3.63) is 88.0 Å². The molecule has 1 aliphatic rings. The lowest BCUT2D eigenvalue weighted by Crippen LogP contribution is -2.36. The van der Waals surface area contributed by atoms with Crippen LogP contribution in [0.1, 0.15) is 22.9 Å². The molecule has 0 saturated carbocycles. The first-order valence-electron chi connectivity index (χ1n) is 9.97. The number of aryl methyl sites for hydroxylation is 1. The van der Waals surface area contributed by atoms with Gasteiger partial charge in [0, 0.05) is 30.4 Å². The highest BCUT2D eigenvalue weighted by Crippen LogP contribution is 2.36. The third-order valence-corrected chi connectivity index (χ3v) is 6.12. The summed E-state index contributed by atoms with van der Waals surface area (Å²) >= 11 is 1.48. The van der Waals surface area contributed by atoms with E-state index in [-0.39, 0.29) is 11.8 Å². The van der Waals surface area contributed by atoms with Gasteiger partial charge in [0.05, 0.1) is 11.3 Å². The summed E-state index contributed by atoms with van der Waals surface area (Å²) in [4.78, 5) is 35.1. The van der Waals surface area contributed by atoms with Crippen molar-refractivity contribution in [2.45, 2.75) is 20.3 Å². The molecule has 2 amide bonds. The second kappa shape index (κ2) is 8.63. The van der Waals surface area contributed by atoms with E-state index in [1.807, 2.05) is 72.7 Å². The van der Waals surface area contributed by atoms with Gasteiger partial charge in [0.1, 0.15) is 5.70 Å². The summed E-state index contributed by atoms with van der Waals surface area (Å²) in [5.74, 6) is -0.521. The summed E-state index contributed by atoms with van der Waals surface area (Å²) in [6, 6.07) is 15.2. The molecule has 0 aliphatic carbocycles. The Morgan fingerprint density at radius 2 is 1.73 bits per heavy atom. The average Bonchev–Trinajstić information content (AvgIpc) is 3.37. The number of imide groups is 1. The fourth-order valence-electron chi connectivity index (χ4n) is 3.62. The molecule has 1 aliphatic heterocycles. The molecule has 152 valence electrons. The van der Waals surface area contributed by atoms with E-state index in [0.717, 1.165) is 22.4 Å². The lowest BCUT2D eigenvalue weighted by atomic mass is 10.1.